The van der Waals surface area contributed by atoms with E-state index in [2.05, 4.69) is 5.92 Å². The second-order valence-corrected chi connectivity index (χ2v) is 6.35. The summed E-state index contributed by atoms with van der Waals surface area (Å²) >= 11 is 12.4. The molecule has 1 aliphatic heterocycles. The molecule has 7 heteroatoms. The molecule has 0 fully saturated rings. The van der Waals surface area contributed by atoms with Gasteiger partial charge in [0, 0.05) is 18.7 Å². The number of hydrogen-bond acceptors (Lipinski definition) is 2. The van der Waals surface area contributed by atoms with Gasteiger partial charge >= 0.3 is 0 Å². The number of aromatic nitrogens is 2. The van der Waals surface area contributed by atoms with Gasteiger partial charge in [-0.3, -0.25) is 9.48 Å². The van der Waals surface area contributed by atoms with Crippen LogP contribution in [-0.2, 0) is 13.1 Å². The SMILES string of the molecule is C#CC(C)Oc1c(Cl)ccc(-c2c(Cl)n3n(c2=O)CCCC3)c1F. The number of ether oxygens (including phenoxy) is 1. The highest BCUT2D eigenvalue weighted by Gasteiger charge is 2.26. The molecule has 3 rings (SSSR count). The maximum atomic E-state index is 14.9. The molecule has 4 nitrogen and oxygen atoms in total. The minimum atomic E-state index is -0.743. The van der Waals surface area contributed by atoms with Crippen molar-refractivity contribution in [1.29, 1.82) is 0 Å². The second kappa shape index (κ2) is 6.54. The highest BCUT2D eigenvalue weighted by Crippen LogP contribution is 2.37. The molecule has 0 N–H and O–H groups in total. The van der Waals surface area contributed by atoms with Crippen LogP contribution < -0.4 is 10.3 Å². The molecule has 0 saturated carbocycles. The van der Waals surface area contributed by atoms with Gasteiger partial charge in [-0.2, -0.15) is 0 Å². The first-order valence-electron chi connectivity index (χ1n) is 7.56. The number of fused-ring (bicyclic) bond motifs is 1. The van der Waals surface area contributed by atoms with Crippen LogP contribution in [0.15, 0.2) is 16.9 Å². The summed E-state index contributed by atoms with van der Waals surface area (Å²) in [6, 6.07) is 2.90. The molecule has 0 aliphatic carbocycles. The Labute approximate surface area is 148 Å². The van der Waals surface area contributed by atoms with E-state index < -0.39 is 11.9 Å². The van der Waals surface area contributed by atoms with Gasteiger partial charge in [-0.1, -0.05) is 29.1 Å². The molecule has 0 spiro atoms. The molecule has 2 heterocycles. The lowest BCUT2D eigenvalue weighted by atomic mass is 10.1. The van der Waals surface area contributed by atoms with Gasteiger partial charge in [0.05, 0.1) is 10.6 Å². The Morgan fingerprint density at radius 2 is 1.96 bits per heavy atom. The summed E-state index contributed by atoms with van der Waals surface area (Å²) in [7, 11) is 0. The molecule has 24 heavy (non-hydrogen) atoms. The van der Waals surface area contributed by atoms with Crippen molar-refractivity contribution >= 4 is 23.2 Å². The number of terminal acetylenes is 1. The van der Waals surface area contributed by atoms with Crippen LogP contribution in [0, 0.1) is 18.2 Å². The van der Waals surface area contributed by atoms with Gasteiger partial charge in [-0.05, 0) is 31.9 Å². The second-order valence-electron chi connectivity index (χ2n) is 5.59. The van der Waals surface area contributed by atoms with Crippen LogP contribution >= 0.6 is 23.2 Å². The van der Waals surface area contributed by atoms with Gasteiger partial charge in [-0.25, -0.2) is 9.07 Å². The summed E-state index contributed by atoms with van der Waals surface area (Å²) in [5.74, 6) is 1.43. The largest absolute Gasteiger partial charge is 0.473 e. The number of hydrogen-bond donors (Lipinski definition) is 0. The highest BCUT2D eigenvalue weighted by molar-refractivity contribution is 6.33. The topological polar surface area (TPSA) is 36.2 Å². The van der Waals surface area contributed by atoms with E-state index in [0.717, 1.165) is 12.8 Å². The predicted octanol–water partition coefficient (Wildman–Crippen LogP) is 3.96. The van der Waals surface area contributed by atoms with Gasteiger partial charge in [0.25, 0.3) is 5.56 Å². The Morgan fingerprint density at radius 1 is 1.29 bits per heavy atom. The van der Waals surface area contributed by atoms with Gasteiger partial charge in [0.2, 0.25) is 0 Å². The average Bonchev–Trinajstić information content (AvgIpc) is 2.83. The lowest BCUT2D eigenvalue weighted by Gasteiger charge is -2.17. The Kier molecular flexibility index (Phi) is 4.62. The van der Waals surface area contributed by atoms with Crippen LogP contribution in [0.25, 0.3) is 11.1 Å². The number of halogens is 3. The molecule has 0 radical (unpaired) electrons. The first kappa shape index (κ1) is 16.9. The van der Waals surface area contributed by atoms with Crippen LogP contribution in [0.2, 0.25) is 10.2 Å². The first-order chi connectivity index (χ1) is 11.5. The zero-order chi connectivity index (χ0) is 17.4. The Balaban J connectivity index is 2.18. The zero-order valence-corrected chi connectivity index (χ0v) is 14.5. The van der Waals surface area contributed by atoms with Gasteiger partial charge in [0.15, 0.2) is 17.7 Å². The van der Waals surface area contributed by atoms with Crippen LogP contribution in [0.1, 0.15) is 19.8 Å². The van der Waals surface area contributed by atoms with Crippen LogP contribution in [0.3, 0.4) is 0 Å². The number of rotatable bonds is 3. The third kappa shape index (κ3) is 2.70. The third-order valence-electron chi connectivity index (χ3n) is 4.01. The van der Waals surface area contributed by atoms with E-state index in [4.69, 9.17) is 34.4 Å². The maximum absolute atomic E-state index is 14.9. The minimum Gasteiger partial charge on any atom is -0.473 e. The summed E-state index contributed by atoms with van der Waals surface area (Å²) in [5, 5.41) is 0.301. The monoisotopic (exact) mass is 368 g/mol. The fourth-order valence-corrected chi connectivity index (χ4v) is 3.35. The highest BCUT2D eigenvalue weighted by atomic mass is 35.5. The van der Waals surface area contributed by atoms with Crippen LogP contribution in [0.5, 0.6) is 5.75 Å². The summed E-state index contributed by atoms with van der Waals surface area (Å²) in [6.07, 6.45) is 6.41. The van der Waals surface area contributed by atoms with E-state index in [1.54, 1.807) is 16.3 Å². The summed E-state index contributed by atoms with van der Waals surface area (Å²) in [5.41, 5.74) is -0.147. The average molecular weight is 369 g/mol. The lowest BCUT2D eigenvalue weighted by molar-refractivity contribution is 0.266. The van der Waals surface area contributed by atoms with E-state index in [9.17, 15) is 9.18 Å². The van der Waals surface area contributed by atoms with E-state index in [0.29, 0.717) is 13.1 Å². The van der Waals surface area contributed by atoms with E-state index in [1.165, 1.54) is 12.1 Å². The van der Waals surface area contributed by atoms with Gasteiger partial charge in [-0.15, -0.1) is 6.42 Å². The molecule has 1 aromatic carbocycles. The Hall–Kier alpha value is -1.90. The molecule has 0 saturated heterocycles. The fourth-order valence-electron chi connectivity index (χ4n) is 2.80. The van der Waals surface area contributed by atoms with Gasteiger partial charge < -0.3 is 4.74 Å². The summed E-state index contributed by atoms with van der Waals surface area (Å²) < 4.78 is 23.5. The number of benzene rings is 1. The lowest BCUT2D eigenvalue weighted by Crippen LogP contribution is -2.27. The van der Waals surface area contributed by atoms with Crippen LogP contribution in [-0.4, -0.2) is 15.5 Å². The Morgan fingerprint density at radius 3 is 2.58 bits per heavy atom. The molecular weight excluding hydrogens is 354 g/mol. The molecule has 1 atom stereocenters. The summed E-state index contributed by atoms with van der Waals surface area (Å²) in [6.45, 7) is 2.79. The van der Waals surface area contributed by atoms with E-state index >= 15 is 0 Å². The van der Waals surface area contributed by atoms with Crippen molar-refractivity contribution in [1.82, 2.24) is 9.36 Å². The molecule has 1 aliphatic rings. The normalized spacial score (nSPS) is 14.8. The molecule has 0 amide bonds. The quantitative estimate of drug-likeness (QED) is 0.768. The summed E-state index contributed by atoms with van der Waals surface area (Å²) in [4.78, 5) is 12.6. The zero-order valence-electron chi connectivity index (χ0n) is 13.0. The van der Waals surface area contributed by atoms with Crippen molar-refractivity contribution < 1.29 is 9.13 Å². The smallest absolute Gasteiger partial charge is 0.276 e. The van der Waals surface area contributed by atoms with Crippen molar-refractivity contribution in [3.8, 4) is 29.2 Å². The van der Waals surface area contributed by atoms with E-state index in [-0.39, 0.29) is 32.6 Å². The third-order valence-corrected chi connectivity index (χ3v) is 4.69. The minimum absolute atomic E-state index is 0.0584. The predicted molar refractivity (Wildman–Crippen MR) is 92.3 cm³/mol. The molecular formula is C17H15Cl2FN2O2. The van der Waals surface area contributed by atoms with Crippen molar-refractivity contribution in [2.45, 2.75) is 39.0 Å². The van der Waals surface area contributed by atoms with Crippen molar-refractivity contribution in [3.63, 3.8) is 0 Å². The first-order valence-corrected chi connectivity index (χ1v) is 8.31. The molecule has 1 unspecified atom stereocenters. The molecule has 2 aromatic rings. The van der Waals surface area contributed by atoms with Crippen LogP contribution in [0.4, 0.5) is 4.39 Å². The number of nitrogens with zero attached hydrogens (tertiary/aromatic N) is 2. The van der Waals surface area contributed by atoms with Crippen molar-refractivity contribution in [2.24, 2.45) is 0 Å². The molecule has 0 bridgehead atoms. The molecule has 1 aromatic heterocycles. The van der Waals surface area contributed by atoms with Crippen molar-refractivity contribution in [2.75, 3.05) is 0 Å². The van der Waals surface area contributed by atoms with Gasteiger partial charge in [0.1, 0.15) is 5.15 Å². The van der Waals surface area contributed by atoms with Crippen molar-refractivity contribution in [3.05, 3.63) is 38.5 Å². The Bertz CT molecular complexity index is 895. The van der Waals surface area contributed by atoms with E-state index in [1.807, 2.05) is 0 Å². The standard InChI is InChI=1S/C17H15Cl2FN2O2/c1-3-10(2)24-15-12(18)7-6-11(14(15)20)13-16(19)21-8-4-5-9-22(21)17(13)23/h1,6-7,10H,4-5,8-9H2,2H3. The maximum Gasteiger partial charge on any atom is 0.276 e. The fraction of sp³-hybridized carbons (Fsp3) is 0.353. The molecule has 126 valence electrons.